The first-order chi connectivity index (χ1) is 12.3. The number of amides is 1. The molecule has 1 heterocycles. The van der Waals surface area contributed by atoms with Crippen LogP contribution in [0.3, 0.4) is 0 Å². The second-order valence-corrected chi connectivity index (χ2v) is 6.84. The number of nitrogens with zero attached hydrogens (tertiary/aromatic N) is 1. The number of hydrogen-bond donors (Lipinski definition) is 3. The fourth-order valence-electron chi connectivity index (χ4n) is 3.59. The number of aliphatic carboxylic acids is 1. The number of carboxylic acid groups (broad SMARTS) is 1. The average Bonchev–Trinajstić information content (AvgIpc) is 2.62. The van der Waals surface area contributed by atoms with Crippen molar-refractivity contribution in [2.75, 3.05) is 20.2 Å². The highest BCUT2D eigenvalue weighted by atomic mass is 16.5. The van der Waals surface area contributed by atoms with Crippen LogP contribution >= 0.6 is 0 Å². The van der Waals surface area contributed by atoms with Gasteiger partial charge in [-0.1, -0.05) is 19.4 Å². The fraction of sp³-hybridized carbons (Fsp3) is 0.579. The van der Waals surface area contributed by atoms with Gasteiger partial charge in [-0.3, -0.25) is 9.59 Å². The van der Waals surface area contributed by atoms with Crippen LogP contribution in [0, 0.1) is 5.41 Å². The molecule has 1 aromatic carbocycles. The monoisotopic (exact) mass is 365 g/mol. The van der Waals surface area contributed by atoms with Crippen LogP contribution in [0.15, 0.2) is 18.2 Å². The van der Waals surface area contributed by atoms with Gasteiger partial charge >= 0.3 is 5.97 Å². The molecule has 0 aliphatic carbocycles. The number of carboxylic acids is 1. The largest absolute Gasteiger partial charge is 0.504 e. The quantitative estimate of drug-likeness (QED) is 0.680. The van der Waals surface area contributed by atoms with Gasteiger partial charge in [0.2, 0.25) is 5.91 Å². The first-order valence-corrected chi connectivity index (χ1v) is 8.89. The number of methoxy groups -OCH3 is 1. The van der Waals surface area contributed by atoms with E-state index in [1.807, 2.05) is 6.92 Å². The Labute approximate surface area is 153 Å². The van der Waals surface area contributed by atoms with Crippen molar-refractivity contribution in [3.63, 3.8) is 0 Å². The van der Waals surface area contributed by atoms with Gasteiger partial charge in [0.05, 0.1) is 13.2 Å². The lowest BCUT2D eigenvalue weighted by Crippen LogP contribution is -2.57. The molecule has 1 saturated heterocycles. The topological polar surface area (TPSA) is 107 Å². The number of rotatable bonds is 7. The Hall–Kier alpha value is -2.28. The third-order valence-corrected chi connectivity index (χ3v) is 5.13. The molecule has 1 aliphatic rings. The Morgan fingerprint density at radius 3 is 2.73 bits per heavy atom. The van der Waals surface area contributed by atoms with E-state index in [9.17, 15) is 24.9 Å². The number of carbonyl (C=O) groups excluding carboxylic acids is 1. The molecule has 1 fully saturated rings. The Balaban J connectivity index is 2.04. The summed E-state index contributed by atoms with van der Waals surface area (Å²) in [4.78, 5) is 25.9. The molecule has 7 heteroatoms. The Morgan fingerprint density at radius 2 is 2.12 bits per heavy atom. The summed E-state index contributed by atoms with van der Waals surface area (Å²) in [6, 6.07) is 4.93. The van der Waals surface area contributed by atoms with Crippen LogP contribution in [0.25, 0.3) is 0 Å². The molecule has 0 unspecified atom stereocenters. The van der Waals surface area contributed by atoms with Crippen LogP contribution < -0.4 is 4.74 Å². The average molecular weight is 365 g/mol. The normalized spacial score (nSPS) is 22.9. The minimum Gasteiger partial charge on any atom is -0.504 e. The Kier molecular flexibility index (Phi) is 6.47. The fourth-order valence-corrected chi connectivity index (χ4v) is 3.59. The van der Waals surface area contributed by atoms with Gasteiger partial charge in [-0.05, 0) is 37.0 Å². The van der Waals surface area contributed by atoms with Crippen LogP contribution in [0.1, 0.15) is 38.2 Å². The zero-order chi connectivity index (χ0) is 19.3. The van der Waals surface area contributed by atoms with Crippen LogP contribution in [-0.4, -0.2) is 58.4 Å². The molecule has 0 aromatic heterocycles. The van der Waals surface area contributed by atoms with Crippen LogP contribution in [0.5, 0.6) is 11.5 Å². The van der Waals surface area contributed by atoms with Gasteiger partial charge in [0, 0.05) is 19.5 Å². The molecular formula is C19H27NO6. The van der Waals surface area contributed by atoms with E-state index in [0.29, 0.717) is 31.6 Å². The third kappa shape index (κ3) is 4.09. The van der Waals surface area contributed by atoms with Crippen molar-refractivity contribution in [2.45, 2.75) is 45.1 Å². The van der Waals surface area contributed by atoms with Crippen molar-refractivity contribution in [3.05, 3.63) is 23.8 Å². The summed E-state index contributed by atoms with van der Waals surface area (Å²) < 4.78 is 5.06. The lowest BCUT2D eigenvalue weighted by atomic mass is 9.74. The molecule has 1 amide bonds. The highest BCUT2D eigenvalue weighted by molar-refractivity contribution is 5.80. The minimum atomic E-state index is -1.29. The Bertz CT molecular complexity index is 661. The number of hydrogen-bond acceptors (Lipinski definition) is 5. The van der Waals surface area contributed by atoms with E-state index in [0.717, 1.165) is 5.56 Å². The molecule has 0 bridgehead atoms. The van der Waals surface area contributed by atoms with E-state index in [4.69, 9.17) is 4.74 Å². The third-order valence-electron chi connectivity index (χ3n) is 5.13. The first kappa shape index (κ1) is 20.0. The summed E-state index contributed by atoms with van der Waals surface area (Å²) in [5.41, 5.74) is -0.437. The lowest BCUT2D eigenvalue weighted by molar-refractivity contribution is -0.166. The van der Waals surface area contributed by atoms with E-state index < -0.39 is 17.5 Å². The maximum absolute atomic E-state index is 12.6. The van der Waals surface area contributed by atoms with E-state index in [-0.39, 0.29) is 31.0 Å². The Morgan fingerprint density at radius 1 is 1.38 bits per heavy atom. The molecule has 26 heavy (non-hydrogen) atoms. The molecule has 2 rings (SSSR count). The van der Waals surface area contributed by atoms with Gasteiger partial charge in [-0.15, -0.1) is 0 Å². The van der Waals surface area contributed by atoms with E-state index in [1.165, 1.54) is 13.2 Å². The van der Waals surface area contributed by atoms with Gasteiger partial charge in [0.15, 0.2) is 11.5 Å². The number of ether oxygens (including phenoxy) is 1. The highest BCUT2D eigenvalue weighted by Gasteiger charge is 2.49. The summed E-state index contributed by atoms with van der Waals surface area (Å²) in [5.74, 6) is -0.791. The summed E-state index contributed by atoms with van der Waals surface area (Å²) in [7, 11) is 1.46. The highest BCUT2D eigenvalue weighted by Crippen LogP contribution is 2.36. The zero-order valence-corrected chi connectivity index (χ0v) is 15.3. The van der Waals surface area contributed by atoms with E-state index in [2.05, 4.69) is 0 Å². The number of benzene rings is 1. The van der Waals surface area contributed by atoms with Crippen molar-refractivity contribution in [3.8, 4) is 11.5 Å². The molecule has 2 atom stereocenters. The molecule has 7 nitrogen and oxygen atoms in total. The molecule has 1 aromatic rings. The number of aryl methyl sites for hydroxylation is 1. The van der Waals surface area contributed by atoms with Crippen molar-refractivity contribution >= 4 is 11.9 Å². The van der Waals surface area contributed by atoms with Crippen LogP contribution in [-0.2, 0) is 16.0 Å². The minimum absolute atomic E-state index is 0.0368. The number of phenolic OH excluding ortho intramolecular Hbond substituents is 1. The number of aliphatic hydroxyl groups is 1. The molecule has 1 aliphatic heterocycles. The van der Waals surface area contributed by atoms with Gasteiger partial charge in [-0.25, -0.2) is 0 Å². The molecule has 144 valence electrons. The molecule has 3 N–H and O–H groups in total. The van der Waals surface area contributed by atoms with Crippen LogP contribution in [0.4, 0.5) is 0 Å². The van der Waals surface area contributed by atoms with Gasteiger partial charge < -0.3 is 25.0 Å². The van der Waals surface area contributed by atoms with E-state index >= 15 is 0 Å². The SMILES string of the molecule is CCC[C@@]1(C(=O)O)CN(C(=O)CCc2ccc(O)c(OC)c2)CC[C@@H]1O. The summed E-state index contributed by atoms with van der Waals surface area (Å²) in [5, 5.41) is 29.5. The maximum Gasteiger partial charge on any atom is 0.314 e. The van der Waals surface area contributed by atoms with E-state index in [1.54, 1.807) is 17.0 Å². The zero-order valence-electron chi connectivity index (χ0n) is 15.3. The number of aromatic hydroxyl groups is 1. The maximum atomic E-state index is 12.6. The lowest BCUT2D eigenvalue weighted by Gasteiger charge is -2.43. The smallest absolute Gasteiger partial charge is 0.314 e. The number of carbonyl (C=O) groups is 2. The van der Waals surface area contributed by atoms with Crippen LogP contribution in [0.2, 0.25) is 0 Å². The standard InChI is InChI=1S/C19H27NO6/c1-3-9-19(18(24)25)12-20(10-8-16(19)22)17(23)7-5-13-4-6-14(21)15(11-13)26-2/h4,6,11,16,21-22H,3,5,7-10,12H2,1-2H3,(H,24,25)/t16-,19+/m0/s1. The summed E-state index contributed by atoms with van der Waals surface area (Å²) in [6.07, 6.45) is 0.978. The first-order valence-electron chi connectivity index (χ1n) is 8.89. The number of piperidine rings is 1. The van der Waals surface area contributed by atoms with Gasteiger partial charge in [-0.2, -0.15) is 0 Å². The molecular weight excluding hydrogens is 338 g/mol. The molecule has 0 spiro atoms. The number of aliphatic hydroxyl groups excluding tert-OH is 1. The van der Waals surface area contributed by atoms with Crippen molar-refractivity contribution in [1.82, 2.24) is 4.90 Å². The summed E-state index contributed by atoms with van der Waals surface area (Å²) >= 11 is 0. The van der Waals surface area contributed by atoms with Crippen molar-refractivity contribution in [1.29, 1.82) is 0 Å². The molecule has 0 radical (unpaired) electrons. The predicted molar refractivity (Wildman–Crippen MR) is 95.2 cm³/mol. The van der Waals surface area contributed by atoms with Gasteiger partial charge in [0.1, 0.15) is 5.41 Å². The van der Waals surface area contributed by atoms with Gasteiger partial charge in [0.25, 0.3) is 0 Å². The summed E-state index contributed by atoms with van der Waals surface area (Å²) in [6.45, 7) is 2.27. The number of likely N-dealkylation sites (tertiary alicyclic amines) is 1. The van der Waals surface area contributed by atoms with Crippen molar-refractivity contribution in [2.24, 2.45) is 5.41 Å². The molecule has 0 saturated carbocycles. The predicted octanol–water partition coefficient (Wildman–Crippen LogP) is 1.80. The van der Waals surface area contributed by atoms with Crippen molar-refractivity contribution < 1.29 is 29.6 Å². The second kappa shape index (κ2) is 8.40. The second-order valence-electron chi connectivity index (χ2n) is 6.84. The number of phenols is 1.